The third-order valence-corrected chi connectivity index (χ3v) is 3.80. The summed E-state index contributed by atoms with van der Waals surface area (Å²) in [6, 6.07) is 7.08. The Morgan fingerprint density at radius 2 is 1.95 bits per heavy atom. The van der Waals surface area contributed by atoms with E-state index < -0.39 is 23.0 Å². The van der Waals surface area contributed by atoms with Crippen molar-refractivity contribution in [1.29, 1.82) is 0 Å². The summed E-state index contributed by atoms with van der Waals surface area (Å²) in [5.74, 6) is -0.410. The molecule has 0 saturated heterocycles. The Labute approximate surface area is 130 Å². The molecule has 0 bridgehead atoms. The number of rotatable bonds is 3. The Morgan fingerprint density at radius 1 is 1.32 bits per heavy atom. The van der Waals surface area contributed by atoms with Crippen LogP contribution in [0.3, 0.4) is 0 Å². The molecule has 0 aromatic heterocycles. The molecule has 0 spiro atoms. The maximum atomic E-state index is 12.9. The van der Waals surface area contributed by atoms with Crippen molar-refractivity contribution in [3.63, 3.8) is 0 Å². The molecule has 1 aliphatic heterocycles. The monoisotopic (exact) mass is 305 g/mol. The van der Waals surface area contributed by atoms with Gasteiger partial charge in [0.1, 0.15) is 11.0 Å². The first kappa shape index (κ1) is 16.5. The van der Waals surface area contributed by atoms with Gasteiger partial charge >= 0.3 is 6.09 Å². The van der Waals surface area contributed by atoms with Crippen LogP contribution >= 0.6 is 0 Å². The number of amides is 2. The molecule has 1 N–H and O–H groups in total. The summed E-state index contributed by atoms with van der Waals surface area (Å²) in [4.78, 5) is 26.4. The Hall–Kier alpha value is -1.88. The van der Waals surface area contributed by atoms with Gasteiger partial charge in [0, 0.05) is 0 Å². The van der Waals surface area contributed by atoms with Gasteiger partial charge in [0.05, 0.1) is 12.3 Å². The zero-order chi connectivity index (χ0) is 16.5. The van der Waals surface area contributed by atoms with E-state index in [1.165, 1.54) is 0 Å². The van der Waals surface area contributed by atoms with E-state index in [9.17, 15) is 14.7 Å². The quantitative estimate of drug-likeness (QED) is 0.932. The standard InChI is InChI=1S/C17H23NO4/c1-5-10-17(11-19)12-8-6-7-9-13(12)18(14(17)20)15(21)22-16(2,3)4/h6-9,19H,5,10-11H2,1-4H3/t17-/m1/s1. The second-order valence-corrected chi connectivity index (χ2v) is 6.63. The number of benzene rings is 1. The second kappa shape index (κ2) is 5.72. The molecular weight excluding hydrogens is 282 g/mol. The highest BCUT2D eigenvalue weighted by molar-refractivity contribution is 6.21. The molecule has 0 fully saturated rings. The van der Waals surface area contributed by atoms with Gasteiger partial charge < -0.3 is 9.84 Å². The van der Waals surface area contributed by atoms with Crippen molar-refractivity contribution in [3.05, 3.63) is 29.8 Å². The van der Waals surface area contributed by atoms with Crippen LogP contribution in [-0.4, -0.2) is 29.3 Å². The first-order chi connectivity index (χ1) is 10.3. The van der Waals surface area contributed by atoms with E-state index in [1.54, 1.807) is 39.0 Å². The fourth-order valence-electron chi connectivity index (χ4n) is 2.90. The Morgan fingerprint density at radius 3 is 2.50 bits per heavy atom. The lowest BCUT2D eigenvalue weighted by Gasteiger charge is -2.27. The molecule has 22 heavy (non-hydrogen) atoms. The molecule has 2 amide bonds. The molecule has 1 aliphatic rings. The number of aliphatic hydroxyl groups is 1. The van der Waals surface area contributed by atoms with Crippen molar-refractivity contribution in [1.82, 2.24) is 0 Å². The molecule has 5 heteroatoms. The average molecular weight is 305 g/mol. The molecule has 0 aliphatic carbocycles. The molecule has 1 heterocycles. The van der Waals surface area contributed by atoms with Gasteiger partial charge in [-0.25, -0.2) is 9.69 Å². The molecule has 120 valence electrons. The van der Waals surface area contributed by atoms with Crippen molar-refractivity contribution in [3.8, 4) is 0 Å². The number of fused-ring (bicyclic) bond motifs is 1. The number of hydrogen-bond donors (Lipinski definition) is 1. The van der Waals surface area contributed by atoms with Gasteiger partial charge in [0.2, 0.25) is 5.91 Å². The Balaban J connectivity index is 2.50. The van der Waals surface area contributed by atoms with Gasteiger partial charge in [0.25, 0.3) is 0 Å². The second-order valence-electron chi connectivity index (χ2n) is 6.63. The van der Waals surface area contributed by atoms with Gasteiger partial charge in [-0.2, -0.15) is 0 Å². The number of hydrogen-bond acceptors (Lipinski definition) is 4. The molecule has 1 atom stereocenters. The van der Waals surface area contributed by atoms with E-state index in [0.717, 1.165) is 11.3 Å². The highest BCUT2D eigenvalue weighted by Gasteiger charge is 2.52. The van der Waals surface area contributed by atoms with Gasteiger partial charge in [-0.3, -0.25) is 4.79 Å². The number of anilines is 1. The van der Waals surface area contributed by atoms with Crippen LogP contribution in [0.5, 0.6) is 0 Å². The number of ether oxygens (including phenoxy) is 1. The van der Waals surface area contributed by atoms with Gasteiger partial charge in [-0.1, -0.05) is 31.5 Å². The summed E-state index contributed by atoms with van der Waals surface area (Å²) >= 11 is 0. The summed E-state index contributed by atoms with van der Waals surface area (Å²) in [6.45, 7) is 6.88. The fraction of sp³-hybridized carbons (Fsp3) is 0.529. The predicted octanol–water partition coefficient (Wildman–Crippen LogP) is 3.00. The predicted molar refractivity (Wildman–Crippen MR) is 83.8 cm³/mol. The summed E-state index contributed by atoms with van der Waals surface area (Å²) in [5.41, 5.74) is -0.552. The molecule has 5 nitrogen and oxygen atoms in total. The van der Waals surface area contributed by atoms with Crippen LogP contribution in [0.2, 0.25) is 0 Å². The molecule has 0 unspecified atom stereocenters. The molecule has 1 aromatic rings. The fourth-order valence-corrected chi connectivity index (χ4v) is 2.90. The minimum Gasteiger partial charge on any atom is -0.443 e. The van der Waals surface area contributed by atoms with Crippen molar-refractivity contribution in [2.75, 3.05) is 11.5 Å². The highest BCUT2D eigenvalue weighted by Crippen LogP contribution is 2.44. The van der Waals surface area contributed by atoms with Crippen LogP contribution in [0.1, 0.15) is 46.1 Å². The van der Waals surface area contributed by atoms with Crippen LogP contribution < -0.4 is 4.90 Å². The zero-order valence-electron chi connectivity index (χ0n) is 13.5. The molecule has 0 radical (unpaired) electrons. The molecule has 1 aromatic carbocycles. The summed E-state index contributed by atoms with van der Waals surface area (Å²) in [6.07, 6.45) is 0.512. The van der Waals surface area contributed by atoms with Crippen molar-refractivity contribution < 1.29 is 19.4 Å². The molecular formula is C17H23NO4. The van der Waals surface area contributed by atoms with Crippen molar-refractivity contribution in [2.24, 2.45) is 0 Å². The maximum absolute atomic E-state index is 12.9. The van der Waals surface area contributed by atoms with E-state index in [4.69, 9.17) is 4.74 Å². The van der Waals surface area contributed by atoms with E-state index in [0.29, 0.717) is 17.7 Å². The maximum Gasteiger partial charge on any atom is 0.421 e. The van der Waals surface area contributed by atoms with Crippen LogP contribution in [0.4, 0.5) is 10.5 Å². The SMILES string of the molecule is CCC[C@]1(CO)C(=O)N(C(=O)OC(C)(C)C)c2ccccc21. The molecule has 0 saturated carbocycles. The largest absolute Gasteiger partial charge is 0.443 e. The normalized spacial score (nSPS) is 21.0. The lowest BCUT2D eigenvalue weighted by Crippen LogP contribution is -2.47. The topological polar surface area (TPSA) is 66.8 Å². The minimum absolute atomic E-state index is 0.323. The lowest BCUT2D eigenvalue weighted by atomic mass is 9.78. The van der Waals surface area contributed by atoms with Crippen LogP contribution in [0.25, 0.3) is 0 Å². The van der Waals surface area contributed by atoms with Crippen molar-refractivity contribution >= 4 is 17.7 Å². The van der Waals surface area contributed by atoms with Gasteiger partial charge in [0.15, 0.2) is 0 Å². The first-order valence-corrected chi connectivity index (χ1v) is 7.55. The third kappa shape index (κ3) is 2.61. The van der Waals surface area contributed by atoms with Crippen LogP contribution in [0.15, 0.2) is 24.3 Å². The summed E-state index contributed by atoms with van der Waals surface area (Å²) < 4.78 is 5.35. The Bertz CT molecular complexity index is 591. The highest BCUT2D eigenvalue weighted by atomic mass is 16.6. The van der Waals surface area contributed by atoms with Gasteiger partial charge in [-0.05, 0) is 38.8 Å². The number of carbonyl (C=O) groups is 2. The van der Waals surface area contributed by atoms with Crippen LogP contribution in [0, 0.1) is 0 Å². The number of aliphatic hydroxyl groups excluding tert-OH is 1. The number of para-hydroxylation sites is 1. The zero-order valence-corrected chi connectivity index (χ0v) is 13.5. The van der Waals surface area contributed by atoms with E-state index >= 15 is 0 Å². The Kier molecular flexibility index (Phi) is 4.29. The van der Waals surface area contributed by atoms with E-state index in [1.807, 2.05) is 13.0 Å². The number of nitrogens with zero attached hydrogens (tertiary/aromatic N) is 1. The minimum atomic E-state index is -1.05. The average Bonchev–Trinajstić information content (AvgIpc) is 2.67. The summed E-state index contributed by atoms with van der Waals surface area (Å²) in [5, 5.41) is 9.90. The smallest absolute Gasteiger partial charge is 0.421 e. The number of carbonyl (C=O) groups excluding carboxylic acids is 2. The van der Waals surface area contributed by atoms with Crippen molar-refractivity contribution in [2.45, 2.75) is 51.6 Å². The molecule has 2 rings (SSSR count). The van der Waals surface area contributed by atoms with E-state index in [-0.39, 0.29) is 6.61 Å². The third-order valence-electron chi connectivity index (χ3n) is 3.80. The first-order valence-electron chi connectivity index (χ1n) is 7.55. The lowest BCUT2D eigenvalue weighted by molar-refractivity contribution is -0.124. The van der Waals surface area contributed by atoms with E-state index in [2.05, 4.69) is 0 Å². The van der Waals surface area contributed by atoms with Gasteiger partial charge in [-0.15, -0.1) is 0 Å². The summed E-state index contributed by atoms with van der Waals surface area (Å²) in [7, 11) is 0. The number of imide groups is 1. The van der Waals surface area contributed by atoms with Crippen LogP contribution in [-0.2, 0) is 14.9 Å².